The molecule has 0 heterocycles. The van der Waals surface area contributed by atoms with Crippen molar-refractivity contribution >= 4 is 21.8 Å². The normalized spacial score (nSPS) is 10.3. The Morgan fingerprint density at radius 3 is 2.62 bits per heavy atom. The van der Waals surface area contributed by atoms with Gasteiger partial charge in [0.1, 0.15) is 11.5 Å². The van der Waals surface area contributed by atoms with Crippen molar-refractivity contribution in [3.8, 4) is 11.5 Å². The van der Waals surface area contributed by atoms with Crippen molar-refractivity contribution < 1.29 is 19.4 Å². The summed E-state index contributed by atoms with van der Waals surface area (Å²) in [5.41, 5.74) is 1.75. The van der Waals surface area contributed by atoms with Gasteiger partial charge in [0, 0.05) is 16.6 Å². The minimum Gasteiger partial charge on any atom is -0.497 e. The number of nitrogens with one attached hydrogen (secondary N) is 1. The standard InChI is InChI=1S/C18H20BrNO4/c1-23-16-5-2-13(3-6-16)8-9-20-18(22)12-24-17-7-4-15(19)10-14(17)11-21/h2-7,10,21H,8-9,11-12H2,1H3,(H,20,22). The summed E-state index contributed by atoms with van der Waals surface area (Å²) in [7, 11) is 1.63. The molecule has 0 fully saturated rings. The van der Waals surface area contributed by atoms with Crippen LogP contribution in [0.15, 0.2) is 46.9 Å². The molecule has 6 heteroatoms. The molecule has 0 aliphatic carbocycles. The number of benzene rings is 2. The number of carbonyl (C=O) groups excluding carboxylic acids is 1. The summed E-state index contributed by atoms with van der Waals surface area (Å²) >= 11 is 3.33. The van der Waals surface area contributed by atoms with Crippen LogP contribution >= 0.6 is 15.9 Å². The Morgan fingerprint density at radius 1 is 1.21 bits per heavy atom. The van der Waals surface area contributed by atoms with Gasteiger partial charge < -0.3 is 19.9 Å². The summed E-state index contributed by atoms with van der Waals surface area (Å²) in [6.45, 7) is 0.298. The highest BCUT2D eigenvalue weighted by molar-refractivity contribution is 9.10. The maximum Gasteiger partial charge on any atom is 0.257 e. The van der Waals surface area contributed by atoms with Crippen molar-refractivity contribution in [1.82, 2.24) is 5.32 Å². The molecule has 24 heavy (non-hydrogen) atoms. The molecular weight excluding hydrogens is 374 g/mol. The first-order valence-electron chi connectivity index (χ1n) is 7.54. The molecule has 128 valence electrons. The van der Waals surface area contributed by atoms with E-state index in [-0.39, 0.29) is 19.1 Å². The van der Waals surface area contributed by atoms with Crippen LogP contribution in [0.3, 0.4) is 0 Å². The van der Waals surface area contributed by atoms with E-state index in [1.165, 1.54) is 0 Å². The molecule has 0 aliphatic rings. The highest BCUT2D eigenvalue weighted by Crippen LogP contribution is 2.23. The molecule has 5 nitrogen and oxygen atoms in total. The van der Waals surface area contributed by atoms with Gasteiger partial charge in [0.2, 0.25) is 0 Å². The monoisotopic (exact) mass is 393 g/mol. The second-order valence-corrected chi connectivity index (χ2v) is 6.06. The van der Waals surface area contributed by atoms with E-state index in [2.05, 4.69) is 21.2 Å². The van der Waals surface area contributed by atoms with E-state index in [4.69, 9.17) is 9.47 Å². The number of rotatable bonds is 8. The molecule has 2 N–H and O–H groups in total. The molecule has 2 aromatic carbocycles. The molecule has 0 atom stereocenters. The van der Waals surface area contributed by atoms with Gasteiger partial charge in [-0.25, -0.2) is 0 Å². The Balaban J connectivity index is 1.75. The van der Waals surface area contributed by atoms with E-state index in [0.717, 1.165) is 22.2 Å². The number of methoxy groups -OCH3 is 1. The second-order valence-electron chi connectivity index (χ2n) is 5.15. The number of amides is 1. The summed E-state index contributed by atoms with van der Waals surface area (Å²) in [5.74, 6) is 1.12. The fourth-order valence-electron chi connectivity index (χ4n) is 2.15. The van der Waals surface area contributed by atoms with Gasteiger partial charge in [0.25, 0.3) is 5.91 Å². The average molecular weight is 394 g/mol. The van der Waals surface area contributed by atoms with Crippen molar-refractivity contribution in [2.75, 3.05) is 20.3 Å². The van der Waals surface area contributed by atoms with E-state index < -0.39 is 0 Å². The van der Waals surface area contributed by atoms with Crippen LogP contribution in [-0.4, -0.2) is 31.3 Å². The van der Waals surface area contributed by atoms with Crippen molar-refractivity contribution in [3.63, 3.8) is 0 Å². The Labute approximate surface area is 149 Å². The number of aliphatic hydroxyl groups excluding tert-OH is 1. The topological polar surface area (TPSA) is 67.8 Å². The number of aliphatic hydroxyl groups is 1. The number of carbonyl (C=O) groups is 1. The van der Waals surface area contributed by atoms with Gasteiger partial charge in [-0.15, -0.1) is 0 Å². The first-order valence-corrected chi connectivity index (χ1v) is 8.33. The highest BCUT2D eigenvalue weighted by atomic mass is 79.9. The van der Waals surface area contributed by atoms with Gasteiger partial charge in [-0.3, -0.25) is 4.79 Å². The maximum atomic E-state index is 11.8. The maximum absolute atomic E-state index is 11.8. The van der Waals surface area contributed by atoms with Crippen LogP contribution in [-0.2, 0) is 17.8 Å². The molecule has 0 saturated carbocycles. The fraction of sp³-hybridized carbons (Fsp3) is 0.278. The quantitative estimate of drug-likeness (QED) is 0.723. The smallest absolute Gasteiger partial charge is 0.257 e. The largest absolute Gasteiger partial charge is 0.497 e. The van der Waals surface area contributed by atoms with Crippen LogP contribution in [0.4, 0.5) is 0 Å². The zero-order valence-corrected chi connectivity index (χ0v) is 15.0. The van der Waals surface area contributed by atoms with E-state index >= 15 is 0 Å². The van der Waals surface area contributed by atoms with E-state index in [1.54, 1.807) is 25.3 Å². The molecule has 0 radical (unpaired) electrons. The predicted molar refractivity (Wildman–Crippen MR) is 95.3 cm³/mol. The van der Waals surface area contributed by atoms with Crippen molar-refractivity contribution in [2.24, 2.45) is 0 Å². The predicted octanol–water partition coefficient (Wildman–Crippen LogP) is 2.69. The van der Waals surface area contributed by atoms with Gasteiger partial charge in [-0.1, -0.05) is 28.1 Å². The number of halogens is 1. The number of hydrogen-bond donors (Lipinski definition) is 2. The lowest BCUT2D eigenvalue weighted by molar-refractivity contribution is -0.123. The Bertz CT molecular complexity index is 673. The second kappa shape index (κ2) is 9.30. The molecule has 0 unspecified atom stereocenters. The van der Waals surface area contributed by atoms with Crippen LogP contribution in [0, 0.1) is 0 Å². The van der Waals surface area contributed by atoms with Crippen molar-refractivity contribution in [1.29, 1.82) is 0 Å². The molecular formula is C18H20BrNO4. The molecule has 2 aromatic rings. The Kier molecular flexibility index (Phi) is 7.08. The summed E-state index contributed by atoms with van der Waals surface area (Å²) in [4.78, 5) is 11.8. The molecule has 2 rings (SSSR count). The summed E-state index contributed by atoms with van der Waals surface area (Å²) in [6, 6.07) is 13.0. The van der Waals surface area contributed by atoms with Crippen molar-refractivity contribution in [2.45, 2.75) is 13.0 Å². The lowest BCUT2D eigenvalue weighted by Gasteiger charge is -2.11. The lowest BCUT2D eigenvalue weighted by Crippen LogP contribution is -2.30. The summed E-state index contributed by atoms with van der Waals surface area (Å²) in [6.07, 6.45) is 0.732. The fourth-order valence-corrected chi connectivity index (χ4v) is 2.55. The Hall–Kier alpha value is -2.05. The summed E-state index contributed by atoms with van der Waals surface area (Å²) < 4.78 is 11.4. The van der Waals surface area contributed by atoms with E-state index in [1.807, 2.05) is 24.3 Å². The van der Waals surface area contributed by atoms with Crippen LogP contribution in [0.2, 0.25) is 0 Å². The minimum absolute atomic E-state index is 0.0861. The third kappa shape index (κ3) is 5.54. The average Bonchev–Trinajstić information content (AvgIpc) is 2.61. The van der Waals surface area contributed by atoms with Crippen LogP contribution in [0.1, 0.15) is 11.1 Å². The number of ether oxygens (including phenoxy) is 2. The van der Waals surface area contributed by atoms with Crippen LogP contribution in [0.5, 0.6) is 11.5 Å². The Morgan fingerprint density at radius 2 is 1.96 bits per heavy atom. The zero-order valence-electron chi connectivity index (χ0n) is 13.4. The molecule has 0 aromatic heterocycles. The van der Waals surface area contributed by atoms with E-state index in [0.29, 0.717) is 17.9 Å². The SMILES string of the molecule is COc1ccc(CCNC(=O)COc2ccc(Br)cc2CO)cc1. The molecule has 1 amide bonds. The zero-order chi connectivity index (χ0) is 17.4. The van der Waals surface area contributed by atoms with Gasteiger partial charge in [-0.2, -0.15) is 0 Å². The van der Waals surface area contributed by atoms with Gasteiger partial charge in [0.15, 0.2) is 6.61 Å². The third-order valence-corrected chi connectivity index (χ3v) is 3.94. The third-order valence-electron chi connectivity index (χ3n) is 3.45. The van der Waals surface area contributed by atoms with Crippen molar-refractivity contribution in [3.05, 3.63) is 58.1 Å². The number of hydrogen-bond acceptors (Lipinski definition) is 4. The molecule has 0 saturated heterocycles. The molecule has 0 spiro atoms. The lowest BCUT2D eigenvalue weighted by atomic mass is 10.1. The highest BCUT2D eigenvalue weighted by Gasteiger charge is 2.07. The van der Waals surface area contributed by atoms with Gasteiger partial charge in [-0.05, 0) is 42.3 Å². The van der Waals surface area contributed by atoms with Gasteiger partial charge >= 0.3 is 0 Å². The first-order chi connectivity index (χ1) is 11.6. The minimum atomic E-state index is -0.199. The van der Waals surface area contributed by atoms with Gasteiger partial charge in [0.05, 0.1) is 13.7 Å². The first kappa shape index (κ1) is 18.3. The van der Waals surface area contributed by atoms with Crippen LogP contribution in [0.25, 0.3) is 0 Å². The summed E-state index contributed by atoms with van der Waals surface area (Å²) in [5, 5.41) is 12.1. The molecule has 0 aliphatic heterocycles. The van der Waals surface area contributed by atoms with E-state index in [9.17, 15) is 9.90 Å². The van der Waals surface area contributed by atoms with Crippen LogP contribution < -0.4 is 14.8 Å². The molecule has 0 bridgehead atoms.